The van der Waals surface area contributed by atoms with E-state index in [0.717, 1.165) is 0 Å². The number of amides is 1. The number of benzene rings is 1. The summed E-state index contributed by atoms with van der Waals surface area (Å²) in [7, 11) is 1.73. The molecule has 1 aliphatic rings. The summed E-state index contributed by atoms with van der Waals surface area (Å²) < 4.78 is 0. The molecular weight excluding hydrogens is 222 g/mol. The first-order valence-corrected chi connectivity index (χ1v) is 6.98. The van der Waals surface area contributed by atoms with E-state index in [0.29, 0.717) is 18.3 Å². The smallest absolute Gasteiger partial charge is 0.220 e. The number of carbonyl (C=O) groups is 1. The highest BCUT2D eigenvalue weighted by molar-refractivity contribution is 5.76. The Balaban J connectivity index is 2.23. The molecule has 0 bridgehead atoms. The van der Waals surface area contributed by atoms with Crippen LogP contribution in [0.2, 0.25) is 0 Å². The Kier molecular flexibility index (Phi) is 4.40. The molecule has 1 aromatic carbocycles. The van der Waals surface area contributed by atoms with E-state index < -0.39 is 0 Å². The number of nitrogens with one attached hydrogen (secondary N) is 1. The van der Waals surface area contributed by atoms with Crippen molar-refractivity contribution in [3.8, 4) is 0 Å². The maximum atomic E-state index is 11.8. The van der Waals surface area contributed by atoms with Crippen molar-refractivity contribution in [1.29, 1.82) is 0 Å². The molecule has 2 nitrogen and oxygen atoms in total. The first kappa shape index (κ1) is 13.1. The fourth-order valence-electron chi connectivity index (χ4n) is 3.19. The average molecular weight is 245 g/mol. The molecule has 1 atom stereocenters. The van der Waals surface area contributed by atoms with Crippen molar-refractivity contribution in [2.24, 2.45) is 5.92 Å². The summed E-state index contributed by atoms with van der Waals surface area (Å²) in [6.07, 6.45) is 5.82. The molecular formula is C16H23NO. The molecule has 0 radical (unpaired) electrons. The van der Waals surface area contributed by atoms with Gasteiger partial charge in [-0.2, -0.15) is 0 Å². The molecule has 1 N–H and O–H groups in total. The van der Waals surface area contributed by atoms with Gasteiger partial charge in [0.25, 0.3) is 0 Å². The number of aryl methyl sites for hydroxylation is 1. The van der Waals surface area contributed by atoms with E-state index in [4.69, 9.17) is 0 Å². The van der Waals surface area contributed by atoms with E-state index in [-0.39, 0.29) is 5.91 Å². The largest absolute Gasteiger partial charge is 0.359 e. The van der Waals surface area contributed by atoms with Crippen LogP contribution in [0.1, 0.15) is 49.1 Å². The molecule has 1 unspecified atom stereocenters. The average Bonchev–Trinajstić information content (AvgIpc) is 2.90. The molecule has 98 valence electrons. The Morgan fingerprint density at radius 3 is 2.61 bits per heavy atom. The van der Waals surface area contributed by atoms with Crippen molar-refractivity contribution in [3.05, 3.63) is 35.4 Å². The highest BCUT2D eigenvalue weighted by Crippen LogP contribution is 2.40. The fraction of sp³-hybridized carbons (Fsp3) is 0.562. The van der Waals surface area contributed by atoms with Crippen LogP contribution in [-0.4, -0.2) is 13.0 Å². The van der Waals surface area contributed by atoms with Crippen LogP contribution in [0.5, 0.6) is 0 Å². The third-order valence-electron chi connectivity index (χ3n) is 4.24. The Hall–Kier alpha value is -1.31. The molecule has 0 spiro atoms. The standard InChI is InChI=1S/C16H23NO/c1-12-7-3-6-10-14(12)15(11-16(18)17-2)13-8-4-5-9-13/h3,6-7,10,13,15H,4-5,8-9,11H2,1-2H3,(H,17,18). The van der Waals surface area contributed by atoms with Crippen molar-refractivity contribution in [2.45, 2.75) is 44.9 Å². The maximum Gasteiger partial charge on any atom is 0.220 e. The molecule has 0 aromatic heterocycles. The zero-order valence-electron chi connectivity index (χ0n) is 11.4. The van der Waals surface area contributed by atoms with E-state index in [1.54, 1.807) is 7.05 Å². The van der Waals surface area contributed by atoms with E-state index in [2.05, 4.69) is 36.5 Å². The Bertz CT molecular complexity index is 407. The summed E-state index contributed by atoms with van der Waals surface area (Å²) in [4.78, 5) is 11.8. The predicted octanol–water partition coefficient (Wildman–Crippen LogP) is 3.40. The molecule has 18 heavy (non-hydrogen) atoms. The van der Waals surface area contributed by atoms with Gasteiger partial charge in [-0.25, -0.2) is 0 Å². The monoisotopic (exact) mass is 245 g/mol. The highest BCUT2D eigenvalue weighted by atomic mass is 16.1. The van der Waals surface area contributed by atoms with Gasteiger partial charge in [0.15, 0.2) is 0 Å². The molecule has 1 amide bonds. The summed E-state index contributed by atoms with van der Waals surface area (Å²) >= 11 is 0. The molecule has 1 fully saturated rings. The van der Waals surface area contributed by atoms with Gasteiger partial charge in [-0.05, 0) is 42.7 Å². The summed E-state index contributed by atoms with van der Waals surface area (Å²) in [5.41, 5.74) is 2.69. The number of hydrogen-bond acceptors (Lipinski definition) is 1. The first-order chi connectivity index (χ1) is 8.72. The molecule has 0 saturated heterocycles. The molecule has 2 heteroatoms. The van der Waals surface area contributed by atoms with Crippen LogP contribution in [0.3, 0.4) is 0 Å². The van der Waals surface area contributed by atoms with Crippen molar-refractivity contribution in [3.63, 3.8) is 0 Å². The number of hydrogen-bond donors (Lipinski definition) is 1. The summed E-state index contributed by atoms with van der Waals surface area (Å²) in [6.45, 7) is 2.15. The zero-order chi connectivity index (χ0) is 13.0. The zero-order valence-corrected chi connectivity index (χ0v) is 11.4. The van der Waals surface area contributed by atoms with E-state index in [9.17, 15) is 4.79 Å². The Morgan fingerprint density at radius 2 is 2.00 bits per heavy atom. The maximum absolute atomic E-state index is 11.8. The van der Waals surface area contributed by atoms with Crippen LogP contribution in [-0.2, 0) is 4.79 Å². The van der Waals surface area contributed by atoms with Crippen LogP contribution in [0.25, 0.3) is 0 Å². The van der Waals surface area contributed by atoms with Gasteiger partial charge in [-0.3, -0.25) is 4.79 Å². The van der Waals surface area contributed by atoms with Gasteiger partial charge in [0.05, 0.1) is 0 Å². The fourth-order valence-corrected chi connectivity index (χ4v) is 3.19. The summed E-state index contributed by atoms with van der Waals surface area (Å²) in [5, 5.41) is 2.77. The molecule has 0 aliphatic heterocycles. The van der Waals surface area contributed by atoms with Gasteiger partial charge < -0.3 is 5.32 Å². The van der Waals surface area contributed by atoms with Crippen LogP contribution in [0.15, 0.2) is 24.3 Å². The minimum atomic E-state index is 0.162. The summed E-state index contributed by atoms with van der Waals surface area (Å²) in [5.74, 6) is 1.24. The Morgan fingerprint density at radius 1 is 1.33 bits per heavy atom. The molecule has 1 aliphatic carbocycles. The molecule has 1 aromatic rings. The van der Waals surface area contributed by atoms with Gasteiger partial charge in [0, 0.05) is 13.5 Å². The minimum absolute atomic E-state index is 0.162. The second-order valence-electron chi connectivity index (χ2n) is 5.38. The number of carbonyl (C=O) groups excluding carboxylic acids is 1. The third-order valence-corrected chi connectivity index (χ3v) is 4.24. The first-order valence-electron chi connectivity index (χ1n) is 6.98. The lowest BCUT2D eigenvalue weighted by atomic mass is 9.80. The van der Waals surface area contributed by atoms with Crippen molar-refractivity contribution in [1.82, 2.24) is 5.32 Å². The second kappa shape index (κ2) is 6.03. The minimum Gasteiger partial charge on any atom is -0.359 e. The summed E-state index contributed by atoms with van der Waals surface area (Å²) in [6, 6.07) is 8.51. The SMILES string of the molecule is CNC(=O)CC(c1ccccc1C)C1CCCC1. The van der Waals surface area contributed by atoms with Crippen LogP contribution in [0, 0.1) is 12.8 Å². The van der Waals surface area contributed by atoms with Gasteiger partial charge in [-0.1, -0.05) is 37.1 Å². The third kappa shape index (κ3) is 2.92. The predicted molar refractivity (Wildman–Crippen MR) is 74.6 cm³/mol. The second-order valence-corrected chi connectivity index (χ2v) is 5.38. The molecule has 2 rings (SSSR count). The normalized spacial score (nSPS) is 17.7. The van der Waals surface area contributed by atoms with E-state index in [1.807, 2.05) is 0 Å². The lowest BCUT2D eigenvalue weighted by Crippen LogP contribution is -2.23. The Labute approximate surface area is 110 Å². The van der Waals surface area contributed by atoms with Gasteiger partial charge in [-0.15, -0.1) is 0 Å². The van der Waals surface area contributed by atoms with Crippen LogP contribution < -0.4 is 5.32 Å². The van der Waals surface area contributed by atoms with E-state index in [1.165, 1.54) is 36.8 Å². The van der Waals surface area contributed by atoms with Crippen molar-refractivity contribution in [2.75, 3.05) is 7.05 Å². The van der Waals surface area contributed by atoms with Gasteiger partial charge in [0.1, 0.15) is 0 Å². The quantitative estimate of drug-likeness (QED) is 0.865. The lowest BCUT2D eigenvalue weighted by Gasteiger charge is -2.24. The molecule has 0 heterocycles. The van der Waals surface area contributed by atoms with Crippen LogP contribution >= 0.6 is 0 Å². The van der Waals surface area contributed by atoms with Gasteiger partial charge >= 0.3 is 0 Å². The van der Waals surface area contributed by atoms with E-state index >= 15 is 0 Å². The molecule has 1 saturated carbocycles. The highest BCUT2D eigenvalue weighted by Gasteiger charge is 2.28. The lowest BCUT2D eigenvalue weighted by molar-refractivity contribution is -0.121. The van der Waals surface area contributed by atoms with Crippen molar-refractivity contribution >= 4 is 5.91 Å². The number of rotatable bonds is 4. The van der Waals surface area contributed by atoms with Gasteiger partial charge in [0.2, 0.25) is 5.91 Å². The van der Waals surface area contributed by atoms with Crippen molar-refractivity contribution < 1.29 is 4.79 Å². The van der Waals surface area contributed by atoms with Crippen LogP contribution in [0.4, 0.5) is 0 Å². The topological polar surface area (TPSA) is 29.1 Å².